The van der Waals surface area contributed by atoms with E-state index in [9.17, 15) is 0 Å². The molecular weight excluding hydrogens is 717 g/mol. The van der Waals surface area contributed by atoms with Gasteiger partial charge in [-0.1, -0.05) is 104 Å². The Hall–Kier alpha value is -4.60. The van der Waals surface area contributed by atoms with Gasteiger partial charge in [0.2, 0.25) is 12.7 Å². The first-order valence-corrected chi connectivity index (χ1v) is 20.8. The van der Waals surface area contributed by atoms with E-state index in [-0.39, 0.29) is 13.1 Å². The molecule has 2 aromatic heterocycles. The molecule has 302 valence electrons. The zero-order valence-corrected chi connectivity index (χ0v) is 33.3. The molecule has 0 fully saturated rings. The lowest BCUT2D eigenvalue weighted by Crippen LogP contribution is -2.35. The minimum atomic E-state index is -1.40. The summed E-state index contributed by atoms with van der Waals surface area (Å²) in [5.74, 6) is -4.07. The van der Waals surface area contributed by atoms with E-state index in [0.717, 1.165) is 48.6 Å². The van der Waals surface area contributed by atoms with Crippen molar-refractivity contribution in [2.45, 2.75) is 130 Å². The molecule has 0 saturated heterocycles. The highest BCUT2D eigenvalue weighted by atomic mass is 19.2. The molecule has 0 aliphatic heterocycles. The molecule has 0 amide bonds. The summed E-state index contributed by atoms with van der Waals surface area (Å²) in [4.78, 5) is 0. The smallest absolute Gasteiger partial charge is 0.249 e. The molecule has 2 heterocycles. The van der Waals surface area contributed by atoms with Crippen molar-refractivity contribution >= 4 is 0 Å². The maximum atomic E-state index is 15.4. The van der Waals surface area contributed by atoms with E-state index < -0.39 is 34.4 Å². The molecule has 56 heavy (non-hydrogen) atoms. The lowest BCUT2D eigenvalue weighted by molar-refractivity contribution is -0.688. The third-order valence-electron chi connectivity index (χ3n) is 10.3. The zero-order valence-electron chi connectivity index (χ0n) is 33.3. The van der Waals surface area contributed by atoms with Crippen LogP contribution in [0.1, 0.15) is 128 Å². The van der Waals surface area contributed by atoms with Gasteiger partial charge in [0, 0.05) is 0 Å². The molecular formula is C46H60F4N4O2+2. The van der Waals surface area contributed by atoms with Crippen molar-refractivity contribution < 1.29 is 36.2 Å². The van der Waals surface area contributed by atoms with Crippen molar-refractivity contribution in [1.29, 1.82) is 0 Å². The maximum absolute atomic E-state index is 15.4. The Kier molecular flexibility index (Phi) is 17.3. The number of imidazole rings is 2. The minimum absolute atomic E-state index is 0.388. The Morgan fingerprint density at radius 2 is 0.768 bits per heavy atom. The van der Waals surface area contributed by atoms with Gasteiger partial charge in [-0.05, 0) is 61.4 Å². The van der Waals surface area contributed by atoms with Crippen molar-refractivity contribution in [3.8, 4) is 22.9 Å². The van der Waals surface area contributed by atoms with E-state index in [4.69, 9.17) is 9.47 Å². The molecule has 0 saturated carbocycles. The van der Waals surface area contributed by atoms with Crippen molar-refractivity contribution in [2.24, 2.45) is 0 Å². The van der Waals surface area contributed by atoms with Crippen LogP contribution < -0.4 is 18.6 Å². The summed E-state index contributed by atoms with van der Waals surface area (Å²) in [5.41, 5.74) is 0.255. The highest BCUT2D eigenvalue weighted by molar-refractivity contribution is 5.38. The van der Waals surface area contributed by atoms with Gasteiger partial charge in [0.25, 0.3) is 0 Å². The number of benzene rings is 3. The number of aromatic nitrogens is 4. The summed E-state index contributed by atoms with van der Waals surface area (Å²) in [6.07, 6.45) is 29.7. The van der Waals surface area contributed by atoms with Crippen LogP contribution in [0.25, 0.3) is 11.4 Å². The molecule has 5 rings (SSSR count). The summed E-state index contributed by atoms with van der Waals surface area (Å²) >= 11 is 0. The van der Waals surface area contributed by atoms with E-state index in [1.54, 1.807) is 46.6 Å². The topological polar surface area (TPSA) is 36.1 Å². The van der Waals surface area contributed by atoms with Gasteiger partial charge in [0.15, 0.2) is 23.3 Å². The fourth-order valence-electron chi connectivity index (χ4n) is 6.93. The van der Waals surface area contributed by atoms with Crippen LogP contribution in [0.15, 0.2) is 86.0 Å². The Balaban J connectivity index is 1.10. The average molecular weight is 777 g/mol. The molecule has 0 aliphatic rings. The van der Waals surface area contributed by atoms with Gasteiger partial charge in [-0.25, -0.2) is 35.8 Å². The van der Waals surface area contributed by atoms with E-state index in [1.807, 2.05) is 48.5 Å². The third kappa shape index (κ3) is 12.7. The Bertz CT molecular complexity index is 1720. The number of halogens is 4. The number of rotatable bonds is 26. The third-order valence-corrected chi connectivity index (χ3v) is 10.3. The second kappa shape index (κ2) is 22.8. The predicted octanol–water partition coefficient (Wildman–Crippen LogP) is 11.5. The van der Waals surface area contributed by atoms with Gasteiger partial charge in [-0.3, -0.25) is 0 Å². The first-order valence-electron chi connectivity index (χ1n) is 20.8. The first-order chi connectivity index (χ1) is 27.4. The Morgan fingerprint density at radius 3 is 1.11 bits per heavy atom. The molecule has 0 unspecified atom stereocenters. The summed E-state index contributed by atoms with van der Waals surface area (Å²) in [6.45, 7) is 5.01. The quantitative estimate of drug-likeness (QED) is 0.0243. The Labute approximate surface area is 330 Å². The summed E-state index contributed by atoms with van der Waals surface area (Å²) < 4.78 is 79.8. The second-order valence-electron chi connectivity index (χ2n) is 14.8. The van der Waals surface area contributed by atoms with Crippen LogP contribution >= 0.6 is 0 Å². The second-order valence-corrected chi connectivity index (χ2v) is 14.8. The largest absolute Gasteiger partial charge is 0.494 e. The van der Waals surface area contributed by atoms with Crippen LogP contribution in [0.3, 0.4) is 0 Å². The number of ether oxygens (including phenoxy) is 2. The van der Waals surface area contributed by atoms with Gasteiger partial charge >= 0.3 is 0 Å². The van der Waals surface area contributed by atoms with Crippen LogP contribution in [0, 0.1) is 23.3 Å². The van der Waals surface area contributed by atoms with E-state index >= 15 is 17.6 Å². The molecule has 6 nitrogen and oxygen atoms in total. The average Bonchev–Trinajstić information content (AvgIpc) is 3.90. The molecule has 10 heteroatoms. The van der Waals surface area contributed by atoms with Gasteiger partial charge in [-0.2, -0.15) is 0 Å². The predicted molar refractivity (Wildman–Crippen MR) is 213 cm³/mol. The van der Waals surface area contributed by atoms with E-state index in [0.29, 0.717) is 13.2 Å². The van der Waals surface area contributed by atoms with Crippen molar-refractivity contribution in [2.75, 3.05) is 13.2 Å². The van der Waals surface area contributed by atoms with Crippen molar-refractivity contribution in [1.82, 2.24) is 9.13 Å². The lowest BCUT2D eigenvalue weighted by Gasteiger charge is -2.10. The van der Waals surface area contributed by atoms with Gasteiger partial charge in [0.05, 0.1) is 24.3 Å². The number of unbranched alkanes of at least 4 members (excludes halogenated alkanes) is 14. The molecule has 0 bridgehead atoms. The minimum Gasteiger partial charge on any atom is -0.494 e. The monoisotopic (exact) mass is 776 g/mol. The number of hydrogen-bond acceptors (Lipinski definition) is 2. The summed E-state index contributed by atoms with van der Waals surface area (Å²) in [5, 5.41) is 0. The van der Waals surface area contributed by atoms with Crippen LogP contribution in [0.4, 0.5) is 17.6 Å². The zero-order chi connectivity index (χ0) is 39.5. The lowest BCUT2D eigenvalue weighted by atomic mass is 10.1. The summed E-state index contributed by atoms with van der Waals surface area (Å²) in [6, 6.07) is 15.1. The maximum Gasteiger partial charge on any atom is 0.249 e. The van der Waals surface area contributed by atoms with Crippen LogP contribution in [-0.4, -0.2) is 22.3 Å². The van der Waals surface area contributed by atoms with Crippen LogP contribution in [0.2, 0.25) is 0 Å². The van der Waals surface area contributed by atoms with Crippen molar-refractivity contribution in [3.63, 3.8) is 0 Å². The molecule has 0 aliphatic carbocycles. The molecule has 0 N–H and O–H groups in total. The molecule has 0 atom stereocenters. The standard InChI is InChI=1S/C46H60F4N4O2/c1-3-5-7-9-11-13-15-17-31-55-39-23-19-37(20-24-39)53-29-27-51(35-53)33-41-43(47)45(49)42(46(50)44(41)48)34-52-28-30-54(36-52)38-21-25-40(26-22-38)56-32-18-16-14-12-10-8-6-4-2/h19-30,35-36H,3-18,31-34H2,1-2H3/q+2. The van der Waals surface area contributed by atoms with Gasteiger partial charge < -0.3 is 9.47 Å². The molecule has 3 aromatic carbocycles. The Morgan fingerprint density at radius 1 is 0.446 bits per heavy atom. The fraction of sp³-hybridized carbons (Fsp3) is 0.478. The SMILES string of the molecule is CCCCCCCCCCOc1ccc(-n2cc[n+](Cc3c(F)c(F)c(C[n+]4ccn(-c5ccc(OCCCCCCCCCC)cc5)c4)c(F)c3F)c2)cc1. The number of nitrogens with zero attached hydrogens (tertiary/aromatic N) is 4. The highest BCUT2D eigenvalue weighted by Gasteiger charge is 2.28. The molecule has 0 radical (unpaired) electrons. The first kappa shape index (κ1) is 42.5. The summed E-state index contributed by atoms with van der Waals surface area (Å²) in [7, 11) is 0. The van der Waals surface area contributed by atoms with Crippen LogP contribution in [0.5, 0.6) is 11.5 Å². The van der Waals surface area contributed by atoms with Crippen LogP contribution in [-0.2, 0) is 13.1 Å². The molecule has 5 aromatic rings. The fourth-order valence-corrected chi connectivity index (χ4v) is 6.93. The normalized spacial score (nSPS) is 11.4. The van der Waals surface area contributed by atoms with Crippen molar-refractivity contribution in [3.05, 3.63) is 120 Å². The van der Waals surface area contributed by atoms with Gasteiger partial charge in [-0.15, -0.1) is 0 Å². The van der Waals surface area contributed by atoms with E-state index in [1.165, 1.54) is 86.2 Å². The highest BCUT2D eigenvalue weighted by Crippen LogP contribution is 2.25. The van der Waals surface area contributed by atoms with Gasteiger partial charge in [0.1, 0.15) is 60.8 Å². The van der Waals surface area contributed by atoms with E-state index in [2.05, 4.69) is 13.8 Å². The number of hydrogen-bond donors (Lipinski definition) is 0. The molecule has 0 spiro atoms.